The first kappa shape index (κ1) is 17.4. The van der Waals surface area contributed by atoms with Crippen LogP contribution in [0.15, 0.2) is 53.4 Å². The predicted molar refractivity (Wildman–Crippen MR) is 96.2 cm³/mol. The van der Waals surface area contributed by atoms with E-state index in [0.717, 1.165) is 16.2 Å². The van der Waals surface area contributed by atoms with Gasteiger partial charge in [-0.05, 0) is 50.1 Å². The molecule has 0 aliphatic rings. The lowest BCUT2D eigenvalue weighted by molar-refractivity contribution is -0.120. The molecule has 1 unspecified atom stereocenters. The lowest BCUT2D eigenvalue weighted by Crippen LogP contribution is -2.34. The summed E-state index contributed by atoms with van der Waals surface area (Å²) in [6, 6.07) is 15.9. The fourth-order valence-corrected chi connectivity index (χ4v) is 3.03. The van der Waals surface area contributed by atoms with Crippen LogP contribution in [0.3, 0.4) is 0 Å². The fourth-order valence-electron chi connectivity index (χ4n) is 2.12. The Bertz CT molecular complexity index is 643. The Hall–Kier alpha value is -1.94. The van der Waals surface area contributed by atoms with E-state index in [0.29, 0.717) is 13.2 Å². The molecule has 0 spiro atoms. The Morgan fingerprint density at radius 2 is 1.87 bits per heavy atom. The molecule has 2 aromatic rings. The van der Waals surface area contributed by atoms with E-state index >= 15 is 0 Å². The zero-order valence-electron chi connectivity index (χ0n) is 13.8. The summed E-state index contributed by atoms with van der Waals surface area (Å²) in [5, 5.41) is 2.80. The molecule has 0 aliphatic carbocycles. The molecular weight excluding hydrogens is 306 g/mol. The zero-order chi connectivity index (χ0) is 16.7. The van der Waals surface area contributed by atoms with Crippen molar-refractivity contribution in [2.45, 2.75) is 30.9 Å². The Labute approximate surface area is 142 Å². The average molecular weight is 329 g/mol. The van der Waals surface area contributed by atoms with Gasteiger partial charge in [-0.2, -0.15) is 0 Å². The zero-order valence-corrected chi connectivity index (χ0v) is 14.7. The summed E-state index contributed by atoms with van der Waals surface area (Å²) in [4.78, 5) is 13.2. The maximum absolute atomic E-state index is 12.1. The van der Waals surface area contributed by atoms with Crippen LogP contribution in [0.25, 0.3) is 0 Å². The number of carbonyl (C=O) groups is 1. The van der Waals surface area contributed by atoms with Crippen molar-refractivity contribution < 1.29 is 9.53 Å². The molecule has 122 valence electrons. The topological polar surface area (TPSA) is 38.3 Å². The second-order valence-electron chi connectivity index (χ2n) is 5.41. The molecule has 1 amide bonds. The molecule has 1 atom stereocenters. The predicted octanol–water partition coefficient (Wildman–Crippen LogP) is 3.98. The van der Waals surface area contributed by atoms with E-state index in [1.807, 2.05) is 56.3 Å². The molecule has 3 nitrogen and oxygen atoms in total. The second kappa shape index (κ2) is 8.63. The third-order valence-corrected chi connectivity index (χ3v) is 4.75. The monoisotopic (exact) mass is 329 g/mol. The summed E-state index contributed by atoms with van der Waals surface area (Å²) in [7, 11) is 0. The molecule has 0 saturated heterocycles. The molecule has 1 N–H and O–H groups in total. The minimum atomic E-state index is -0.127. The lowest BCUT2D eigenvalue weighted by Gasteiger charge is -2.14. The molecule has 23 heavy (non-hydrogen) atoms. The number of hydrogen-bond acceptors (Lipinski definition) is 3. The van der Waals surface area contributed by atoms with E-state index in [-0.39, 0.29) is 11.2 Å². The summed E-state index contributed by atoms with van der Waals surface area (Å²) < 4.78 is 5.74. The van der Waals surface area contributed by atoms with Crippen LogP contribution in [0.1, 0.15) is 18.1 Å². The van der Waals surface area contributed by atoms with Crippen LogP contribution in [0.4, 0.5) is 0 Å². The van der Waals surface area contributed by atoms with Crippen LogP contribution in [0, 0.1) is 13.8 Å². The maximum Gasteiger partial charge on any atom is 0.233 e. The molecule has 2 rings (SSSR count). The first-order valence-corrected chi connectivity index (χ1v) is 8.64. The van der Waals surface area contributed by atoms with Crippen molar-refractivity contribution in [3.63, 3.8) is 0 Å². The number of thioether (sulfide) groups is 1. The van der Waals surface area contributed by atoms with Crippen LogP contribution in [0.5, 0.6) is 5.75 Å². The summed E-state index contributed by atoms with van der Waals surface area (Å²) in [5.41, 5.74) is 2.35. The standard InChI is InChI=1S/C19H23NO2S/c1-14-8-7-11-18(15(14)2)22-13-12-20-19(21)16(3)23-17-9-5-4-6-10-17/h4-11,16H,12-13H2,1-3H3,(H,20,21). The molecular formula is C19H23NO2S. The van der Waals surface area contributed by atoms with Gasteiger partial charge >= 0.3 is 0 Å². The number of amides is 1. The summed E-state index contributed by atoms with van der Waals surface area (Å²) in [6.07, 6.45) is 0. The number of benzene rings is 2. The van der Waals surface area contributed by atoms with Crippen molar-refractivity contribution >= 4 is 17.7 Å². The molecule has 0 aromatic heterocycles. The smallest absolute Gasteiger partial charge is 0.233 e. The van der Waals surface area contributed by atoms with Gasteiger partial charge in [0.05, 0.1) is 11.8 Å². The number of carbonyl (C=O) groups excluding carboxylic acids is 1. The normalized spacial score (nSPS) is 11.8. The molecule has 0 saturated carbocycles. The molecule has 4 heteroatoms. The molecule has 0 radical (unpaired) electrons. The van der Waals surface area contributed by atoms with E-state index in [1.165, 1.54) is 5.56 Å². The average Bonchev–Trinajstić information content (AvgIpc) is 2.56. The summed E-state index contributed by atoms with van der Waals surface area (Å²) >= 11 is 1.56. The van der Waals surface area contributed by atoms with Crippen molar-refractivity contribution in [2.24, 2.45) is 0 Å². The van der Waals surface area contributed by atoms with Gasteiger partial charge in [0.15, 0.2) is 0 Å². The molecule has 2 aromatic carbocycles. The fraction of sp³-hybridized carbons (Fsp3) is 0.316. The van der Waals surface area contributed by atoms with Gasteiger partial charge in [-0.25, -0.2) is 0 Å². The van der Waals surface area contributed by atoms with Gasteiger partial charge in [0, 0.05) is 4.90 Å². The summed E-state index contributed by atoms with van der Waals surface area (Å²) in [5.74, 6) is 0.911. The second-order valence-corrected chi connectivity index (χ2v) is 6.82. The van der Waals surface area contributed by atoms with Gasteiger partial charge in [-0.3, -0.25) is 4.79 Å². The number of nitrogens with one attached hydrogen (secondary N) is 1. The van der Waals surface area contributed by atoms with Crippen LogP contribution in [-0.4, -0.2) is 24.3 Å². The number of ether oxygens (including phenoxy) is 1. The first-order valence-electron chi connectivity index (χ1n) is 7.76. The lowest BCUT2D eigenvalue weighted by atomic mass is 10.1. The number of rotatable bonds is 7. The highest BCUT2D eigenvalue weighted by atomic mass is 32.2. The molecule has 0 fully saturated rings. The van der Waals surface area contributed by atoms with Gasteiger partial charge in [0.1, 0.15) is 12.4 Å². The van der Waals surface area contributed by atoms with Crippen LogP contribution in [0.2, 0.25) is 0 Å². The van der Waals surface area contributed by atoms with Crippen molar-refractivity contribution in [2.75, 3.05) is 13.2 Å². The number of hydrogen-bond donors (Lipinski definition) is 1. The Balaban J connectivity index is 1.73. The third-order valence-electron chi connectivity index (χ3n) is 3.64. The first-order chi connectivity index (χ1) is 11.1. The Kier molecular flexibility index (Phi) is 6.53. The van der Waals surface area contributed by atoms with Gasteiger partial charge < -0.3 is 10.1 Å². The largest absolute Gasteiger partial charge is 0.491 e. The summed E-state index contributed by atoms with van der Waals surface area (Å²) in [6.45, 7) is 7.00. The van der Waals surface area contributed by atoms with Crippen molar-refractivity contribution in [1.82, 2.24) is 5.32 Å². The van der Waals surface area contributed by atoms with E-state index in [4.69, 9.17) is 4.74 Å². The maximum atomic E-state index is 12.1. The minimum absolute atomic E-state index is 0.0309. The van der Waals surface area contributed by atoms with Gasteiger partial charge in [0.25, 0.3) is 0 Å². The highest BCUT2D eigenvalue weighted by molar-refractivity contribution is 8.00. The minimum Gasteiger partial charge on any atom is -0.491 e. The Morgan fingerprint density at radius 1 is 1.13 bits per heavy atom. The van der Waals surface area contributed by atoms with Gasteiger partial charge in [0.2, 0.25) is 5.91 Å². The van der Waals surface area contributed by atoms with Crippen LogP contribution >= 0.6 is 11.8 Å². The van der Waals surface area contributed by atoms with E-state index < -0.39 is 0 Å². The Morgan fingerprint density at radius 3 is 2.61 bits per heavy atom. The quantitative estimate of drug-likeness (QED) is 0.617. The van der Waals surface area contributed by atoms with E-state index in [2.05, 4.69) is 18.3 Å². The molecule has 0 bridgehead atoms. The molecule has 0 aliphatic heterocycles. The van der Waals surface area contributed by atoms with Gasteiger partial charge in [-0.1, -0.05) is 30.3 Å². The van der Waals surface area contributed by atoms with Crippen molar-refractivity contribution in [1.29, 1.82) is 0 Å². The SMILES string of the molecule is Cc1cccc(OCCNC(=O)C(C)Sc2ccccc2)c1C. The third kappa shape index (κ3) is 5.32. The highest BCUT2D eigenvalue weighted by Gasteiger charge is 2.13. The van der Waals surface area contributed by atoms with Crippen molar-refractivity contribution in [3.05, 3.63) is 59.7 Å². The van der Waals surface area contributed by atoms with Gasteiger partial charge in [-0.15, -0.1) is 11.8 Å². The highest BCUT2D eigenvalue weighted by Crippen LogP contribution is 2.22. The van der Waals surface area contributed by atoms with Crippen LogP contribution in [-0.2, 0) is 4.79 Å². The van der Waals surface area contributed by atoms with Crippen LogP contribution < -0.4 is 10.1 Å². The van der Waals surface area contributed by atoms with E-state index in [1.54, 1.807) is 11.8 Å². The van der Waals surface area contributed by atoms with E-state index in [9.17, 15) is 4.79 Å². The molecule has 0 heterocycles. The van der Waals surface area contributed by atoms with Crippen molar-refractivity contribution in [3.8, 4) is 5.75 Å². The number of aryl methyl sites for hydroxylation is 1.